The van der Waals surface area contributed by atoms with E-state index in [2.05, 4.69) is 0 Å². The van der Waals surface area contributed by atoms with Crippen molar-refractivity contribution < 1.29 is 0 Å². The lowest BCUT2D eigenvalue weighted by atomic mass is 9.82. The van der Waals surface area contributed by atoms with E-state index < -0.39 is 0 Å². The Kier molecular flexibility index (Phi) is 3.68. The van der Waals surface area contributed by atoms with Crippen molar-refractivity contribution in [1.82, 2.24) is 0 Å². The van der Waals surface area contributed by atoms with Crippen LogP contribution < -0.4 is 0 Å². The first-order valence-corrected chi connectivity index (χ1v) is 7.83. The third-order valence-corrected chi connectivity index (χ3v) is 5.05. The van der Waals surface area contributed by atoms with Crippen molar-refractivity contribution in [3.63, 3.8) is 0 Å². The van der Waals surface area contributed by atoms with Crippen LogP contribution in [0.4, 0.5) is 0 Å². The smallest absolute Gasteiger partial charge is 0.0103 e. The molecule has 0 amide bonds. The normalized spacial score (nSPS) is 26.8. The molecule has 0 saturated carbocycles. The molecule has 0 spiro atoms. The maximum Gasteiger partial charge on any atom is -0.0103 e. The van der Waals surface area contributed by atoms with E-state index in [0.717, 1.165) is 0 Å². The van der Waals surface area contributed by atoms with Crippen LogP contribution in [0, 0.1) is 0 Å². The van der Waals surface area contributed by atoms with Crippen LogP contribution in [0.25, 0.3) is 0 Å². The molecule has 3 aliphatic rings. The summed E-state index contributed by atoms with van der Waals surface area (Å²) in [6, 6.07) is 0. The molecule has 0 nitrogen and oxygen atoms in total. The predicted molar refractivity (Wildman–Crippen MR) is 74.1 cm³/mol. The Labute approximate surface area is 106 Å². The Morgan fingerprint density at radius 1 is 0.353 bits per heavy atom. The van der Waals surface area contributed by atoms with Crippen LogP contribution >= 0.6 is 0 Å². The van der Waals surface area contributed by atoms with Crippen molar-refractivity contribution in [1.29, 1.82) is 0 Å². The van der Waals surface area contributed by atoms with Gasteiger partial charge in [-0.3, -0.25) is 0 Å². The van der Waals surface area contributed by atoms with Gasteiger partial charge in [-0.25, -0.2) is 0 Å². The van der Waals surface area contributed by atoms with Crippen LogP contribution in [0.5, 0.6) is 0 Å². The third kappa shape index (κ3) is 2.67. The molecule has 3 aliphatic carbocycles. The summed E-state index contributed by atoms with van der Waals surface area (Å²) in [7, 11) is 0. The fourth-order valence-electron chi connectivity index (χ4n) is 4.03. The molecule has 0 N–H and O–H groups in total. The summed E-state index contributed by atoms with van der Waals surface area (Å²) in [5.74, 6) is 0. The van der Waals surface area contributed by atoms with Gasteiger partial charge in [0.25, 0.3) is 0 Å². The SMILES string of the molecule is C1CCC2=C(CCCC2)CC2=C(C1)CCCC2. The zero-order chi connectivity index (χ0) is 11.5. The van der Waals surface area contributed by atoms with Gasteiger partial charge in [-0.2, -0.15) is 0 Å². The molecule has 0 aliphatic heterocycles. The Morgan fingerprint density at radius 3 is 1.00 bits per heavy atom. The highest BCUT2D eigenvalue weighted by molar-refractivity contribution is 5.28. The van der Waals surface area contributed by atoms with Crippen LogP contribution in [0.2, 0.25) is 0 Å². The van der Waals surface area contributed by atoms with E-state index in [1.54, 1.807) is 0 Å². The second kappa shape index (κ2) is 5.42. The highest BCUT2D eigenvalue weighted by atomic mass is 14.2. The van der Waals surface area contributed by atoms with Crippen molar-refractivity contribution in [2.75, 3.05) is 0 Å². The standard InChI is InChI=1S/C17H26/c1-2-8-15-10-4-6-12-17(15)13-16-11-5-3-9-14(16)7-1/h1-13H2. The quantitative estimate of drug-likeness (QED) is 0.469. The van der Waals surface area contributed by atoms with Gasteiger partial charge in [0.05, 0.1) is 0 Å². The molecule has 17 heavy (non-hydrogen) atoms. The van der Waals surface area contributed by atoms with Crippen LogP contribution in [0.3, 0.4) is 0 Å². The van der Waals surface area contributed by atoms with Gasteiger partial charge in [0.2, 0.25) is 0 Å². The summed E-state index contributed by atoms with van der Waals surface area (Å²) in [5, 5.41) is 0. The Hall–Kier alpha value is -0.520. The molecule has 0 aromatic rings. The van der Waals surface area contributed by atoms with Crippen molar-refractivity contribution in [3.05, 3.63) is 22.3 Å². The van der Waals surface area contributed by atoms with Gasteiger partial charge in [0.15, 0.2) is 0 Å². The van der Waals surface area contributed by atoms with Crippen LogP contribution in [-0.2, 0) is 0 Å². The van der Waals surface area contributed by atoms with Gasteiger partial charge >= 0.3 is 0 Å². The Bertz CT molecular complexity index is 309. The highest BCUT2D eigenvalue weighted by Gasteiger charge is 2.19. The van der Waals surface area contributed by atoms with E-state index in [0.29, 0.717) is 0 Å². The maximum absolute atomic E-state index is 1.87. The molecule has 0 radical (unpaired) electrons. The van der Waals surface area contributed by atoms with Crippen molar-refractivity contribution in [2.45, 2.75) is 83.5 Å². The second-order valence-electron chi connectivity index (χ2n) is 6.21. The molecular weight excluding hydrogens is 204 g/mol. The van der Waals surface area contributed by atoms with Crippen molar-refractivity contribution >= 4 is 0 Å². The summed E-state index contributed by atoms with van der Waals surface area (Å²) < 4.78 is 0. The summed E-state index contributed by atoms with van der Waals surface area (Å²) in [5.41, 5.74) is 7.48. The second-order valence-corrected chi connectivity index (χ2v) is 6.21. The lowest BCUT2D eigenvalue weighted by molar-refractivity contribution is 0.617. The van der Waals surface area contributed by atoms with E-state index >= 15 is 0 Å². The fraction of sp³-hybridized carbons (Fsp3) is 0.765. The van der Waals surface area contributed by atoms with E-state index in [-0.39, 0.29) is 0 Å². The molecule has 0 bridgehead atoms. The minimum atomic E-state index is 1.38. The van der Waals surface area contributed by atoms with E-state index in [1.165, 1.54) is 83.5 Å². The predicted octanol–water partition coefficient (Wildman–Crippen LogP) is 5.69. The minimum Gasteiger partial charge on any atom is -0.0707 e. The molecule has 0 saturated heterocycles. The number of allylic oxidation sites excluding steroid dienone is 4. The average molecular weight is 230 g/mol. The zero-order valence-electron chi connectivity index (χ0n) is 11.2. The largest absolute Gasteiger partial charge is 0.0707 e. The third-order valence-electron chi connectivity index (χ3n) is 5.05. The molecule has 3 rings (SSSR count). The fourth-order valence-corrected chi connectivity index (χ4v) is 4.03. The summed E-state index contributed by atoms with van der Waals surface area (Å²) >= 11 is 0. The molecule has 0 aromatic heterocycles. The average Bonchev–Trinajstić information content (AvgIpc) is 2.46. The molecule has 0 unspecified atom stereocenters. The Balaban J connectivity index is 1.86. The molecule has 0 heterocycles. The zero-order valence-corrected chi connectivity index (χ0v) is 11.2. The van der Waals surface area contributed by atoms with Crippen LogP contribution in [-0.4, -0.2) is 0 Å². The molecule has 0 atom stereocenters. The molecule has 0 fully saturated rings. The van der Waals surface area contributed by atoms with Crippen molar-refractivity contribution in [3.8, 4) is 0 Å². The maximum atomic E-state index is 1.87. The van der Waals surface area contributed by atoms with E-state index in [4.69, 9.17) is 0 Å². The van der Waals surface area contributed by atoms with Crippen LogP contribution in [0.1, 0.15) is 83.5 Å². The minimum absolute atomic E-state index is 1.38. The van der Waals surface area contributed by atoms with Crippen LogP contribution in [0.15, 0.2) is 22.3 Å². The van der Waals surface area contributed by atoms with Gasteiger partial charge in [-0.1, -0.05) is 22.3 Å². The number of hydrogen-bond donors (Lipinski definition) is 0. The molecule has 0 heteroatoms. The first-order valence-electron chi connectivity index (χ1n) is 7.83. The summed E-state index contributed by atoms with van der Waals surface area (Å²) in [6.07, 6.45) is 18.7. The van der Waals surface area contributed by atoms with Gasteiger partial charge in [0.1, 0.15) is 0 Å². The number of hydrogen-bond acceptors (Lipinski definition) is 0. The summed E-state index contributed by atoms with van der Waals surface area (Å²) in [6.45, 7) is 0. The molecule has 94 valence electrons. The highest BCUT2D eigenvalue weighted by Crippen LogP contribution is 2.39. The lowest BCUT2D eigenvalue weighted by Crippen LogP contribution is -2.04. The van der Waals surface area contributed by atoms with E-state index in [9.17, 15) is 0 Å². The van der Waals surface area contributed by atoms with Crippen molar-refractivity contribution in [2.24, 2.45) is 0 Å². The first kappa shape index (κ1) is 11.6. The van der Waals surface area contributed by atoms with Gasteiger partial charge in [-0.05, 0) is 83.5 Å². The molecule has 0 aromatic carbocycles. The number of rotatable bonds is 0. The van der Waals surface area contributed by atoms with Gasteiger partial charge in [-0.15, -0.1) is 0 Å². The van der Waals surface area contributed by atoms with Gasteiger partial charge in [0, 0.05) is 0 Å². The first-order chi connectivity index (χ1) is 8.43. The lowest BCUT2D eigenvalue weighted by Gasteiger charge is -2.24. The topological polar surface area (TPSA) is 0 Å². The van der Waals surface area contributed by atoms with E-state index in [1.807, 2.05) is 22.3 Å². The monoisotopic (exact) mass is 230 g/mol. The van der Waals surface area contributed by atoms with Gasteiger partial charge < -0.3 is 0 Å². The summed E-state index contributed by atoms with van der Waals surface area (Å²) in [4.78, 5) is 0. The Morgan fingerprint density at radius 2 is 0.647 bits per heavy atom. The molecular formula is C17H26.